The van der Waals surface area contributed by atoms with Gasteiger partial charge in [-0.3, -0.25) is 14.5 Å². The first-order chi connectivity index (χ1) is 13.1. The largest absolute Gasteiger partial charge is 0.454 e. The molecule has 0 bridgehead atoms. The number of nitrogens with zero attached hydrogens (tertiary/aromatic N) is 2. The van der Waals surface area contributed by atoms with E-state index in [0.717, 1.165) is 0 Å². The number of ketones is 1. The van der Waals surface area contributed by atoms with Gasteiger partial charge in [-0.25, -0.2) is 4.39 Å². The highest BCUT2D eigenvalue weighted by molar-refractivity contribution is 5.98. The number of amides is 1. The summed E-state index contributed by atoms with van der Waals surface area (Å²) in [6.45, 7) is 2.49. The number of halogens is 1. The molecule has 7 heteroatoms. The second-order valence-corrected chi connectivity index (χ2v) is 6.54. The van der Waals surface area contributed by atoms with Crippen LogP contribution in [0.4, 0.5) is 4.39 Å². The predicted molar refractivity (Wildman–Crippen MR) is 95.6 cm³/mol. The Kier molecular flexibility index (Phi) is 4.77. The molecule has 1 fully saturated rings. The highest BCUT2D eigenvalue weighted by Crippen LogP contribution is 2.32. The number of hydrogen-bond acceptors (Lipinski definition) is 5. The number of carbonyl (C=O) groups excluding carboxylic acids is 2. The van der Waals surface area contributed by atoms with Crippen molar-refractivity contribution in [3.8, 4) is 11.5 Å². The van der Waals surface area contributed by atoms with Crippen LogP contribution in [0.5, 0.6) is 11.5 Å². The molecule has 2 aliphatic rings. The zero-order valence-electron chi connectivity index (χ0n) is 14.7. The summed E-state index contributed by atoms with van der Waals surface area (Å²) in [5, 5.41) is 0. The Morgan fingerprint density at radius 1 is 0.963 bits per heavy atom. The van der Waals surface area contributed by atoms with Crippen LogP contribution in [0.25, 0.3) is 0 Å². The third kappa shape index (κ3) is 3.64. The van der Waals surface area contributed by atoms with Gasteiger partial charge in [-0.2, -0.15) is 0 Å². The first kappa shape index (κ1) is 17.5. The summed E-state index contributed by atoms with van der Waals surface area (Å²) in [5.41, 5.74) is 0.659. The van der Waals surface area contributed by atoms with Crippen LogP contribution in [0.1, 0.15) is 20.7 Å². The molecule has 4 rings (SSSR count). The molecule has 140 valence electrons. The summed E-state index contributed by atoms with van der Waals surface area (Å²) in [6.07, 6.45) is 0. The minimum atomic E-state index is -0.511. The van der Waals surface area contributed by atoms with E-state index in [9.17, 15) is 14.0 Å². The summed E-state index contributed by atoms with van der Waals surface area (Å²) in [5.74, 6) is 0.396. The highest BCUT2D eigenvalue weighted by atomic mass is 19.1. The van der Waals surface area contributed by atoms with E-state index in [2.05, 4.69) is 0 Å². The smallest absolute Gasteiger partial charge is 0.256 e. The number of piperazine rings is 1. The molecule has 0 aliphatic carbocycles. The fraction of sp³-hybridized carbons (Fsp3) is 0.300. The Labute approximate surface area is 156 Å². The minimum Gasteiger partial charge on any atom is -0.454 e. The average molecular weight is 370 g/mol. The Morgan fingerprint density at radius 3 is 2.48 bits per heavy atom. The number of fused-ring (bicyclic) bond motifs is 1. The van der Waals surface area contributed by atoms with Crippen molar-refractivity contribution in [1.82, 2.24) is 9.80 Å². The molecule has 1 amide bonds. The van der Waals surface area contributed by atoms with E-state index in [1.165, 1.54) is 12.1 Å². The van der Waals surface area contributed by atoms with Gasteiger partial charge in [0.25, 0.3) is 5.91 Å². The van der Waals surface area contributed by atoms with Crippen molar-refractivity contribution in [2.75, 3.05) is 39.5 Å². The molecular weight excluding hydrogens is 351 g/mol. The molecule has 0 unspecified atom stereocenters. The first-order valence-corrected chi connectivity index (χ1v) is 8.81. The second kappa shape index (κ2) is 7.36. The van der Waals surface area contributed by atoms with E-state index in [-0.39, 0.29) is 30.6 Å². The van der Waals surface area contributed by atoms with Crippen LogP contribution >= 0.6 is 0 Å². The lowest BCUT2D eigenvalue weighted by Crippen LogP contribution is -2.50. The van der Waals surface area contributed by atoms with E-state index < -0.39 is 5.82 Å². The topological polar surface area (TPSA) is 59.1 Å². The lowest BCUT2D eigenvalue weighted by Gasteiger charge is -2.34. The maximum Gasteiger partial charge on any atom is 0.256 e. The van der Waals surface area contributed by atoms with Crippen LogP contribution < -0.4 is 9.47 Å². The molecule has 2 aromatic rings. The van der Waals surface area contributed by atoms with Gasteiger partial charge >= 0.3 is 0 Å². The quantitative estimate of drug-likeness (QED) is 0.773. The summed E-state index contributed by atoms with van der Waals surface area (Å²) in [6, 6.07) is 11.2. The maximum absolute atomic E-state index is 13.8. The van der Waals surface area contributed by atoms with Crippen LogP contribution in [0, 0.1) is 5.82 Å². The van der Waals surface area contributed by atoms with Crippen molar-refractivity contribution in [3.05, 3.63) is 59.4 Å². The van der Waals surface area contributed by atoms with E-state index in [1.807, 2.05) is 4.90 Å². The number of carbonyl (C=O) groups is 2. The number of rotatable bonds is 4. The standard InChI is InChI=1S/C20H19FN2O4/c21-16-4-2-1-3-15(16)20(25)23-9-7-22(8-10-23)12-17(24)14-5-6-18-19(11-14)27-13-26-18/h1-6,11H,7-10,12-13H2. The van der Waals surface area contributed by atoms with Gasteiger partial charge in [0.15, 0.2) is 17.3 Å². The van der Waals surface area contributed by atoms with E-state index in [0.29, 0.717) is 43.2 Å². The predicted octanol–water partition coefficient (Wildman–Crippen LogP) is 2.20. The van der Waals surface area contributed by atoms with Gasteiger partial charge in [0, 0.05) is 31.7 Å². The van der Waals surface area contributed by atoms with Gasteiger partial charge in [-0.1, -0.05) is 12.1 Å². The van der Waals surface area contributed by atoms with E-state index in [4.69, 9.17) is 9.47 Å². The molecule has 0 spiro atoms. The molecule has 2 heterocycles. The first-order valence-electron chi connectivity index (χ1n) is 8.81. The maximum atomic E-state index is 13.8. The lowest BCUT2D eigenvalue weighted by molar-refractivity contribution is 0.0620. The Bertz CT molecular complexity index is 878. The fourth-order valence-corrected chi connectivity index (χ4v) is 3.28. The molecule has 0 saturated carbocycles. The van der Waals surface area contributed by atoms with Crippen molar-refractivity contribution in [2.45, 2.75) is 0 Å². The zero-order chi connectivity index (χ0) is 18.8. The minimum absolute atomic E-state index is 0.0119. The van der Waals surface area contributed by atoms with Crippen LogP contribution in [0.15, 0.2) is 42.5 Å². The monoisotopic (exact) mass is 370 g/mol. The van der Waals surface area contributed by atoms with Gasteiger partial charge in [0.05, 0.1) is 12.1 Å². The number of Topliss-reactive ketones (excluding diaryl/α,β-unsaturated/α-hetero) is 1. The van der Waals surface area contributed by atoms with Crippen LogP contribution in [-0.2, 0) is 0 Å². The van der Waals surface area contributed by atoms with Crippen molar-refractivity contribution >= 4 is 11.7 Å². The molecule has 6 nitrogen and oxygen atoms in total. The van der Waals surface area contributed by atoms with Gasteiger partial charge in [-0.15, -0.1) is 0 Å². The Balaban J connectivity index is 1.33. The van der Waals surface area contributed by atoms with Gasteiger partial charge in [-0.05, 0) is 30.3 Å². The van der Waals surface area contributed by atoms with Crippen molar-refractivity contribution in [1.29, 1.82) is 0 Å². The third-order valence-electron chi connectivity index (χ3n) is 4.83. The van der Waals surface area contributed by atoms with Crippen LogP contribution in [0.2, 0.25) is 0 Å². The lowest BCUT2D eigenvalue weighted by atomic mass is 10.1. The zero-order valence-corrected chi connectivity index (χ0v) is 14.7. The van der Waals surface area contributed by atoms with Crippen LogP contribution in [-0.4, -0.2) is 61.0 Å². The number of ether oxygens (including phenoxy) is 2. The molecule has 0 aromatic heterocycles. The molecule has 0 atom stereocenters. The van der Waals surface area contributed by atoms with Crippen molar-refractivity contribution < 1.29 is 23.5 Å². The average Bonchev–Trinajstić information content (AvgIpc) is 3.16. The summed E-state index contributed by atoms with van der Waals surface area (Å²) in [7, 11) is 0. The second-order valence-electron chi connectivity index (χ2n) is 6.54. The van der Waals surface area contributed by atoms with Gasteiger partial charge in [0.2, 0.25) is 6.79 Å². The Hall–Kier alpha value is -2.93. The summed E-state index contributed by atoms with van der Waals surface area (Å²) in [4.78, 5) is 28.6. The summed E-state index contributed by atoms with van der Waals surface area (Å²) < 4.78 is 24.4. The molecule has 0 radical (unpaired) electrons. The van der Waals surface area contributed by atoms with Crippen molar-refractivity contribution in [2.24, 2.45) is 0 Å². The summed E-state index contributed by atoms with van der Waals surface area (Å²) >= 11 is 0. The molecular formula is C20H19FN2O4. The molecule has 27 heavy (non-hydrogen) atoms. The third-order valence-corrected chi connectivity index (χ3v) is 4.83. The highest BCUT2D eigenvalue weighted by Gasteiger charge is 2.25. The van der Waals surface area contributed by atoms with Gasteiger partial charge < -0.3 is 14.4 Å². The van der Waals surface area contributed by atoms with Crippen LogP contribution in [0.3, 0.4) is 0 Å². The normalized spacial score (nSPS) is 16.4. The SMILES string of the molecule is O=C(CN1CCN(C(=O)c2ccccc2F)CC1)c1ccc2c(c1)OCO2. The molecule has 0 N–H and O–H groups in total. The van der Waals surface area contributed by atoms with Crippen molar-refractivity contribution in [3.63, 3.8) is 0 Å². The fourth-order valence-electron chi connectivity index (χ4n) is 3.28. The molecule has 2 aromatic carbocycles. The van der Waals surface area contributed by atoms with E-state index >= 15 is 0 Å². The van der Waals surface area contributed by atoms with E-state index in [1.54, 1.807) is 35.2 Å². The van der Waals surface area contributed by atoms with Gasteiger partial charge in [0.1, 0.15) is 5.82 Å². The molecule has 2 aliphatic heterocycles. The molecule has 1 saturated heterocycles. The Morgan fingerprint density at radius 2 is 1.70 bits per heavy atom. The number of hydrogen-bond donors (Lipinski definition) is 0. The number of benzene rings is 2.